The van der Waals surface area contributed by atoms with Crippen LogP contribution in [0.25, 0.3) is 0 Å². The fraction of sp³-hybridized carbons (Fsp3) is 0.200. The third kappa shape index (κ3) is 2.85. The Morgan fingerprint density at radius 1 is 1.29 bits per heavy atom. The van der Waals surface area contributed by atoms with E-state index in [0.717, 1.165) is 17.6 Å². The fourth-order valence-corrected chi connectivity index (χ4v) is 3.54. The van der Waals surface area contributed by atoms with Crippen molar-refractivity contribution in [3.05, 3.63) is 69.5 Å². The predicted octanol–water partition coefficient (Wildman–Crippen LogP) is 4.13. The second-order valence-electron chi connectivity index (χ2n) is 4.83. The third-order valence-corrected chi connectivity index (χ3v) is 4.54. The van der Waals surface area contributed by atoms with Gasteiger partial charge in [-0.15, -0.1) is 0 Å². The molecule has 0 spiro atoms. The fourth-order valence-electron chi connectivity index (χ4n) is 2.45. The highest BCUT2D eigenvalue weighted by molar-refractivity contribution is 7.98. The monoisotopic (exact) mass is 304 g/mol. The summed E-state index contributed by atoms with van der Waals surface area (Å²) in [5.74, 6) is 1.03. The van der Waals surface area contributed by atoms with E-state index in [4.69, 9.17) is 0 Å². The van der Waals surface area contributed by atoms with Gasteiger partial charge in [-0.2, -0.15) is 16.2 Å². The Balaban J connectivity index is 1.88. The molecule has 0 saturated carbocycles. The molecule has 1 unspecified atom stereocenters. The minimum atomic E-state index is -0.816. The number of fused-ring (bicyclic) bond motifs is 1. The highest BCUT2D eigenvalue weighted by atomic mass is 32.2. The molecule has 1 atom stereocenters. The Morgan fingerprint density at radius 2 is 2.10 bits per heavy atom. The van der Waals surface area contributed by atoms with Gasteiger partial charge in [0.05, 0.1) is 11.0 Å². The van der Waals surface area contributed by atoms with Crippen molar-refractivity contribution in [2.24, 2.45) is 0 Å². The molecule has 4 nitrogen and oxygen atoms in total. The first-order valence-electron chi connectivity index (χ1n) is 6.51. The summed E-state index contributed by atoms with van der Waals surface area (Å²) < 4.78 is 13.4. The van der Waals surface area contributed by atoms with Crippen LogP contribution in [-0.4, -0.2) is 10.7 Å². The summed E-state index contributed by atoms with van der Waals surface area (Å²) in [6.07, 6.45) is 0. The molecule has 0 radical (unpaired) electrons. The van der Waals surface area contributed by atoms with Gasteiger partial charge in [-0.1, -0.05) is 24.3 Å². The molecule has 2 aromatic rings. The summed E-state index contributed by atoms with van der Waals surface area (Å²) in [6.45, 7) is 0. The lowest BCUT2D eigenvalue weighted by Gasteiger charge is -2.26. The number of thioether (sulfide) groups is 1. The number of hydrogen-bond donors (Lipinski definition) is 1. The maximum Gasteiger partial charge on any atom is 0.306 e. The van der Waals surface area contributed by atoms with E-state index < -0.39 is 16.4 Å². The third-order valence-electron chi connectivity index (χ3n) is 3.46. The molecule has 3 rings (SSSR count). The number of nitro benzene ring substituents is 1. The van der Waals surface area contributed by atoms with E-state index in [1.807, 2.05) is 23.9 Å². The molecule has 1 aliphatic heterocycles. The van der Waals surface area contributed by atoms with Crippen molar-refractivity contribution in [2.45, 2.75) is 11.8 Å². The van der Waals surface area contributed by atoms with E-state index in [1.54, 1.807) is 0 Å². The molecular weight excluding hydrogens is 291 g/mol. The predicted molar refractivity (Wildman–Crippen MR) is 82.0 cm³/mol. The quantitative estimate of drug-likeness (QED) is 0.684. The molecule has 1 heterocycles. The van der Waals surface area contributed by atoms with Gasteiger partial charge in [0.15, 0.2) is 0 Å². The Bertz CT molecular complexity index is 693. The van der Waals surface area contributed by atoms with Gasteiger partial charge in [0.25, 0.3) is 0 Å². The minimum Gasteiger partial charge on any atom is -0.377 e. The number of halogens is 1. The van der Waals surface area contributed by atoms with Gasteiger partial charge in [-0.3, -0.25) is 10.1 Å². The van der Waals surface area contributed by atoms with Gasteiger partial charge in [-0.05, 0) is 23.3 Å². The largest absolute Gasteiger partial charge is 0.377 e. The normalized spacial score (nSPS) is 17.1. The average molecular weight is 304 g/mol. The summed E-state index contributed by atoms with van der Waals surface area (Å²) in [5.41, 5.74) is 2.52. The lowest BCUT2D eigenvalue weighted by Crippen LogP contribution is -2.18. The number of nitrogens with zero attached hydrogens (tertiary/aromatic N) is 1. The van der Waals surface area contributed by atoms with E-state index in [2.05, 4.69) is 17.4 Å². The van der Waals surface area contributed by atoms with E-state index in [1.165, 1.54) is 23.3 Å². The Kier molecular flexibility index (Phi) is 3.79. The maximum absolute atomic E-state index is 13.4. The molecule has 0 aromatic heterocycles. The van der Waals surface area contributed by atoms with Crippen LogP contribution in [0.1, 0.15) is 17.2 Å². The number of hydrogen-bond acceptors (Lipinski definition) is 4. The van der Waals surface area contributed by atoms with Crippen molar-refractivity contribution in [3.8, 4) is 0 Å². The lowest BCUT2D eigenvalue weighted by atomic mass is 10.0. The first-order valence-corrected chi connectivity index (χ1v) is 7.66. The Morgan fingerprint density at radius 3 is 2.90 bits per heavy atom. The van der Waals surface area contributed by atoms with Crippen LogP contribution in [0.5, 0.6) is 0 Å². The Labute approximate surface area is 125 Å². The second kappa shape index (κ2) is 5.73. The van der Waals surface area contributed by atoms with Crippen LogP contribution in [0.4, 0.5) is 15.8 Å². The van der Waals surface area contributed by atoms with Crippen molar-refractivity contribution < 1.29 is 9.31 Å². The van der Waals surface area contributed by atoms with Crippen molar-refractivity contribution >= 4 is 23.1 Å². The molecule has 0 fully saturated rings. The van der Waals surface area contributed by atoms with Gasteiger partial charge in [0.2, 0.25) is 5.82 Å². The van der Waals surface area contributed by atoms with Crippen LogP contribution in [0.15, 0.2) is 42.5 Å². The summed E-state index contributed by atoms with van der Waals surface area (Å²) in [4.78, 5) is 10.1. The van der Waals surface area contributed by atoms with Gasteiger partial charge >= 0.3 is 5.69 Å². The first-order chi connectivity index (χ1) is 10.1. The number of rotatable bonds is 3. The SMILES string of the molecule is O=[N+]([O-])c1cc(NC2CSCc3ccccc32)ccc1F. The first kappa shape index (κ1) is 13.9. The highest BCUT2D eigenvalue weighted by Gasteiger charge is 2.21. The highest BCUT2D eigenvalue weighted by Crippen LogP contribution is 2.34. The topological polar surface area (TPSA) is 55.2 Å². The van der Waals surface area contributed by atoms with Crippen LogP contribution >= 0.6 is 11.8 Å². The van der Waals surface area contributed by atoms with Crippen LogP contribution < -0.4 is 5.32 Å². The van der Waals surface area contributed by atoms with Gasteiger partial charge in [-0.25, -0.2) is 0 Å². The molecule has 6 heteroatoms. The number of benzene rings is 2. The zero-order chi connectivity index (χ0) is 14.8. The standard InChI is InChI=1S/C15H13FN2O2S/c16-13-6-5-11(7-15(13)18(19)20)17-14-9-21-8-10-3-1-2-4-12(10)14/h1-7,14,17H,8-9H2. The van der Waals surface area contributed by atoms with Crippen LogP contribution in [-0.2, 0) is 5.75 Å². The maximum atomic E-state index is 13.4. The second-order valence-corrected chi connectivity index (χ2v) is 5.86. The van der Waals surface area contributed by atoms with Crippen molar-refractivity contribution in [3.63, 3.8) is 0 Å². The van der Waals surface area contributed by atoms with Gasteiger partial charge < -0.3 is 5.32 Å². The van der Waals surface area contributed by atoms with E-state index in [-0.39, 0.29) is 6.04 Å². The zero-order valence-corrected chi connectivity index (χ0v) is 11.9. The van der Waals surface area contributed by atoms with Gasteiger partial charge in [0, 0.05) is 23.3 Å². The van der Waals surface area contributed by atoms with E-state index in [0.29, 0.717) is 5.69 Å². The molecule has 0 amide bonds. The van der Waals surface area contributed by atoms with Gasteiger partial charge in [0.1, 0.15) is 0 Å². The smallest absolute Gasteiger partial charge is 0.306 e. The molecule has 0 bridgehead atoms. The summed E-state index contributed by atoms with van der Waals surface area (Å²) in [6, 6.07) is 12.1. The van der Waals surface area contributed by atoms with Crippen molar-refractivity contribution in [1.29, 1.82) is 0 Å². The molecule has 1 N–H and O–H groups in total. The minimum absolute atomic E-state index is 0.0741. The van der Waals surface area contributed by atoms with E-state index >= 15 is 0 Å². The van der Waals surface area contributed by atoms with E-state index in [9.17, 15) is 14.5 Å². The summed E-state index contributed by atoms with van der Waals surface area (Å²) >= 11 is 1.81. The molecule has 108 valence electrons. The van der Waals surface area contributed by atoms with Crippen molar-refractivity contribution in [1.82, 2.24) is 0 Å². The number of nitro groups is 1. The summed E-state index contributed by atoms with van der Waals surface area (Å²) in [7, 11) is 0. The molecule has 0 saturated heterocycles. The van der Waals surface area contributed by atoms with Crippen molar-refractivity contribution in [2.75, 3.05) is 11.1 Å². The van der Waals surface area contributed by atoms with Crippen LogP contribution in [0, 0.1) is 15.9 Å². The molecule has 1 aliphatic rings. The number of anilines is 1. The lowest BCUT2D eigenvalue weighted by molar-refractivity contribution is -0.387. The molecular formula is C15H13FN2O2S. The van der Waals surface area contributed by atoms with Crippen LogP contribution in [0.3, 0.4) is 0 Å². The summed E-state index contributed by atoms with van der Waals surface area (Å²) in [5, 5.41) is 14.1. The molecule has 2 aromatic carbocycles. The average Bonchev–Trinajstić information content (AvgIpc) is 2.49. The molecule has 21 heavy (non-hydrogen) atoms. The molecule has 0 aliphatic carbocycles. The van der Waals surface area contributed by atoms with Crippen LogP contribution in [0.2, 0.25) is 0 Å². The Hall–Kier alpha value is -2.08. The zero-order valence-electron chi connectivity index (χ0n) is 11.1. The number of nitrogens with one attached hydrogen (secondary N) is 1.